The molecular formula is C15H32N2. The summed E-state index contributed by atoms with van der Waals surface area (Å²) in [5.41, 5.74) is 6.32. The summed E-state index contributed by atoms with van der Waals surface area (Å²) in [5.74, 6) is 0.920. The van der Waals surface area contributed by atoms with Crippen molar-refractivity contribution in [2.24, 2.45) is 11.7 Å². The van der Waals surface area contributed by atoms with Gasteiger partial charge in [-0.05, 0) is 38.6 Å². The lowest BCUT2D eigenvalue weighted by Crippen LogP contribution is -2.53. The van der Waals surface area contributed by atoms with Crippen LogP contribution in [0, 0.1) is 5.92 Å². The monoisotopic (exact) mass is 240 g/mol. The summed E-state index contributed by atoms with van der Waals surface area (Å²) in [6.45, 7) is 6.63. The first-order chi connectivity index (χ1) is 8.18. The SMILES string of the molecule is CCCC(CC)(CN)N(C)CC1CCCCC1. The Balaban J connectivity index is 2.53. The van der Waals surface area contributed by atoms with Gasteiger partial charge >= 0.3 is 0 Å². The highest BCUT2D eigenvalue weighted by Gasteiger charge is 2.31. The van der Waals surface area contributed by atoms with E-state index in [1.54, 1.807) is 0 Å². The minimum absolute atomic E-state index is 0.256. The minimum Gasteiger partial charge on any atom is -0.329 e. The van der Waals surface area contributed by atoms with E-state index < -0.39 is 0 Å². The number of rotatable bonds is 7. The van der Waals surface area contributed by atoms with Crippen molar-refractivity contribution in [1.29, 1.82) is 0 Å². The molecule has 0 saturated heterocycles. The van der Waals surface area contributed by atoms with Crippen LogP contribution in [-0.4, -0.2) is 30.6 Å². The molecule has 1 aliphatic rings. The van der Waals surface area contributed by atoms with Gasteiger partial charge in [0.05, 0.1) is 0 Å². The normalized spacial score (nSPS) is 21.7. The maximum atomic E-state index is 6.07. The second-order valence-electron chi connectivity index (χ2n) is 5.92. The van der Waals surface area contributed by atoms with Gasteiger partial charge in [-0.3, -0.25) is 4.90 Å². The van der Waals surface area contributed by atoms with E-state index in [-0.39, 0.29) is 5.54 Å². The van der Waals surface area contributed by atoms with Crippen LogP contribution in [0.4, 0.5) is 0 Å². The average molecular weight is 240 g/mol. The van der Waals surface area contributed by atoms with Crippen molar-refractivity contribution in [1.82, 2.24) is 4.90 Å². The van der Waals surface area contributed by atoms with E-state index in [9.17, 15) is 0 Å². The Hall–Kier alpha value is -0.0800. The van der Waals surface area contributed by atoms with Crippen molar-refractivity contribution in [3.8, 4) is 0 Å². The van der Waals surface area contributed by atoms with Crippen LogP contribution in [0.5, 0.6) is 0 Å². The minimum atomic E-state index is 0.256. The molecule has 0 heterocycles. The lowest BCUT2D eigenvalue weighted by molar-refractivity contribution is 0.0825. The van der Waals surface area contributed by atoms with Crippen LogP contribution in [0.3, 0.4) is 0 Å². The summed E-state index contributed by atoms with van der Waals surface area (Å²) < 4.78 is 0. The van der Waals surface area contributed by atoms with Crippen molar-refractivity contribution in [3.63, 3.8) is 0 Å². The van der Waals surface area contributed by atoms with Gasteiger partial charge in [-0.25, -0.2) is 0 Å². The Morgan fingerprint density at radius 2 is 1.82 bits per heavy atom. The van der Waals surface area contributed by atoms with E-state index >= 15 is 0 Å². The summed E-state index contributed by atoms with van der Waals surface area (Å²) in [6.07, 6.45) is 10.8. The molecule has 1 aliphatic carbocycles. The van der Waals surface area contributed by atoms with Crippen LogP contribution in [0.25, 0.3) is 0 Å². The lowest BCUT2D eigenvalue weighted by atomic mass is 9.85. The molecule has 0 bridgehead atoms. The molecule has 2 nitrogen and oxygen atoms in total. The third-order valence-corrected chi connectivity index (χ3v) is 4.82. The summed E-state index contributed by atoms with van der Waals surface area (Å²) in [6, 6.07) is 0. The van der Waals surface area contributed by atoms with Gasteiger partial charge in [-0.1, -0.05) is 39.5 Å². The molecule has 17 heavy (non-hydrogen) atoms. The smallest absolute Gasteiger partial charge is 0.0326 e. The first-order valence-corrected chi connectivity index (χ1v) is 7.59. The van der Waals surface area contributed by atoms with Gasteiger partial charge in [0.25, 0.3) is 0 Å². The fourth-order valence-corrected chi connectivity index (χ4v) is 3.46. The van der Waals surface area contributed by atoms with Crippen molar-refractivity contribution < 1.29 is 0 Å². The maximum absolute atomic E-state index is 6.07. The lowest BCUT2D eigenvalue weighted by Gasteiger charge is -2.43. The van der Waals surface area contributed by atoms with Crippen molar-refractivity contribution >= 4 is 0 Å². The Bertz CT molecular complexity index is 193. The van der Waals surface area contributed by atoms with Gasteiger partial charge in [-0.2, -0.15) is 0 Å². The second kappa shape index (κ2) is 7.38. The Labute approximate surface area is 108 Å². The van der Waals surface area contributed by atoms with Crippen LogP contribution in [0.15, 0.2) is 0 Å². The largest absolute Gasteiger partial charge is 0.329 e. The molecule has 0 spiro atoms. The van der Waals surface area contributed by atoms with Crippen molar-refractivity contribution in [3.05, 3.63) is 0 Å². The van der Waals surface area contributed by atoms with Gasteiger partial charge in [0.15, 0.2) is 0 Å². The molecule has 1 rings (SSSR count). The molecule has 0 aliphatic heterocycles. The Morgan fingerprint density at radius 1 is 1.18 bits per heavy atom. The highest BCUT2D eigenvalue weighted by atomic mass is 15.2. The number of nitrogens with zero attached hydrogens (tertiary/aromatic N) is 1. The second-order valence-corrected chi connectivity index (χ2v) is 5.92. The number of likely N-dealkylation sites (N-methyl/N-ethyl adjacent to an activating group) is 1. The fraction of sp³-hybridized carbons (Fsp3) is 1.00. The fourth-order valence-electron chi connectivity index (χ4n) is 3.46. The zero-order valence-corrected chi connectivity index (χ0v) is 12.2. The van der Waals surface area contributed by atoms with Crippen molar-refractivity contribution in [2.75, 3.05) is 20.1 Å². The topological polar surface area (TPSA) is 29.3 Å². The van der Waals surface area contributed by atoms with Crippen LogP contribution in [0.2, 0.25) is 0 Å². The molecule has 0 amide bonds. The van der Waals surface area contributed by atoms with E-state index in [2.05, 4.69) is 25.8 Å². The third kappa shape index (κ3) is 3.96. The molecule has 1 saturated carbocycles. The molecule has 1 atom stereocenters. The van der Waals surface area contributed by atoms with E-state index in [1.807, 2.05) is 0 Å². The Kier molecular flexibility index (Phi) is 6.50. The molecule has 0 aromatic rings. The van der Waals surface area contributed by atoms with Crippen LogP contribution < -0.4 is 5.73 Å². The van der Waals surface area contributed by atoms with Crippen LogP contribution >= 0.6 is 0 Å². The summed E-state index contributed by atoms with van der Waals surface area (Å²) in [4.78, 5) is 2.58. The van der Waals surface area contributed by atoms with Gasteiger partial charge in [0.2, 0.25) is 0 Å². The molecular weight excluding hydrogens is 208 g/mol. The molecule has 0 aromatic carbocycles. The quantitative estimate of drug-likeness (QED) is 0.739. The predicted octanol–water partition coefficient (Wildman–Crippen LogP) is 3.41. The first-order valence-electron chi connectivity index (χ1n) is 7.59. The Morgan fingerprint density at radius 3 is 2.29 bits per heavy atom. The van der Waals surface area contributed by atoms with E-state index in [0.717, 1.165) is 12.5 Å². The maximum Gasteiger partial charge on any atom is 0.0326 e. The molecule has 1 fully saturated rings. The molecule has 2 N–H and O–H groups in total. The third-order valence-electron chi connectivity index (χ3n) is 4.82. The molecule has 2 heteroatoms. The number of hydrogen-bond acceptors (Lipinski definition) is 2. The zero-order chi connectivity index (χ0) is 12.7. The van der Waals surface area contributed by atoms with Crippen molar-refractivity contribution in [2.45, 2.75) is 70.8 Å². The number of nitrogens with two attached hydrogens (primary N) is 1. The first kappa shape index (κ1) is 15.0. The molecule has 1 unspecified atom stereocenters. The van der Waals surface area contributed by atoms with Crippen LogP contribution in [-0.2, 0) is 0 Å². The highest BCUT2D eigenvalue weighted by Crippen LogP contribution is 2.29. The summed E-state index contributed by atoms with van der Waals surface area (Å²) in [7, 11) is 2.29. The van der Waals surface area contributed by atoms with E-state index in [1.165, 1.54) is 57.9 Å². The standard InChI is InChI=1S/C15H32N2/c1-4-11-15(5-2,13-16)17(3)12-14-9-7-6-8-10-14/h14H,4-13,16H2,1-3H3. The van der Waals surface area contributed by atoms with Gasteiger partial charge in [-0.15, -0.1) is 0 Å². The van der Waals surface area contributed by atoms with E-state index in [4.69, 9.17) is 5.73 Å². The summed E-state index contributed by atoms with van der Waals surface area (Å²) >= 11 is 0. The van der Waals surface area contributed by atoms with Crippen LogP contribution in [0.1, 0.15) is 65.2 Å². The average Bonchev–Trinajstić information content (AvgIpc) is 2.37. The number of hydrogen-bond donors (Lipinski definition) is 1. The van der Waals surface area contributed by atoms with Gasteiger partial charge in [0.1, 0.15) is 0 Å². The van der Waals surface area contributed by atoms with Gasteiger partial charge < -0.3 is 5.73 Å². The molecule has 102 valence electrons. The van der Waals surface area contributed by atoms with E-state index in [0.29, 0.717) is 0 Å². The zero-order valence-electron chi connectivity index (χ0n) is 12.2. The highest BCUT2D eigenvalue weighted by molar-refractivity contribution is 4.89. The molecule has 0 radical (unpaired) electrons. The summed E-state index contributed by atoms with van der Waals surface area (Å²) in [5, 5.41) is 0. The predicted molar refractivity (Wildman–Crippen MR) is 76.2 cm³/mol. The van der Waals surface area contributed by atoms with Gasteiger partial charge in [0, 0.05) is 18.6 Å². The molecule has 0 aromatic heterocycles.